The molecule has 1 aliphatic heterocycles. The van der Waals surface area contributed by atoms with Crippen LogP contribution in [0, 0.1) is 6.92 Å². The average Bonchev–Trinajstić information content (AvgIpc) is 2.96. The molecule has 1 saturated heterocycles. The van der Waals surface area contributed by atoms with E-state index >= 15 is 0 Å². The minimum absolute atomic E-state index is 0.583. The molecule has 0 amide bonds. The Morgan fingerprint density at radius 1 is 1.33 bits per heavy atom. The summed E-state index contributed by atoms with van der Waals surface area (Å²) in [5.74, 6) is 2.47. The fourth-order valence-electron chi connectivity index (χ4n) is 2.80. The van der Waals surface area contributed by atoms with Crippen molar-refractivity contribution in [2.75, 3.05) is 13.1 Å². The van der Waals surface area contributed by atoms with Crippen LogP contribution in [0.15, 0.2) is 22.7 Å². The second-order valence-corrected chi connectivity index (χ2v) is 5.00. The number of piperidine rings is 1. The summed E-state index contributed by atoms with van der Waals surface area (Å²) in [4.78, 5) is 0. The Bertz CT molecular complexity index is 535. The van der Waals surface area contributed by atoms with E-state index in [9.17, 15) is 0 Å². The van der Waals surface area contributed by atoms with Gasteiger partial charge in [-0.1, -0.05) is 0 Å². The fourth-order valence-corrected chi connectivity index (χ4v) is 2.80. The third-order valence-corrected chi connectivity index (χ3v) is 3.72. The lowest BCUT2D eigenvalue weighted by molar-refractivity contribution is 0.439. The summed E-state index contributed by atoms with van der Waals surface area (Å²) in [6, 6.07) is 4.05. The van der Waals surface area contributed by atoms with E-state index in [1.54, 1.807) is 0 Å². The van der Waals surface area contributed by atoms with Gasteiger partial charge in [-0.25, -0.2) is 0 Å². The van der Waals surface area contributed by atoms with E-state index in [1.165, 1.54) is 18.5 Å². The summed E-state index contributed by atoms with van der Waals surface area (Å²) < 4.78 is 7.75. The first-order valence-electron chi connectivity index (χ1n) is 6.55. The molecule has 3 heterocycles. The summed E-state index contributed by atoms with van der Waals surface area (Å²) in [7, 11) is 2.02. The topological polar surface area (TPSA) is 43.0 Å². The molecular weight excluding hydrogens is 226 g/mol. The van der Waals surface area contributed by atoms with Gasteiger partial charge in [0.2, 0.25) is 0 Å². The van der Waals surface area contributed by atoms with Crippen molar-refractivity contribution in [2.45, 2.75) is 25.7 Å². The van der Waals surface area contributed by atoms with Crippen LogP contribution in [0.5, 0.6) is 0 Å². The number of hydrogen-bond acceptors (Lipinski definition) is 3. The Labute approximate surface area is 107 Å². The van der Waals surface area contributed by atoms with Gasteiger partial charge in [0, 0.05) is 13.0 Å². The molecule has 1 fully saturated rings. The van der Waals surface area contributed by atoms with Gasteiger partial charge in [0.25, 0.3) is 0 Å². The van der Waals surface area contributed by atoms with Gasteiger partial charge in [-0.15, -0.1) is 0 Å². The highest BCUT2D eigenvalue weighted by Gasteiger charge is 2.23. The Hall–Kier alpha value is -1.55. The number of hydrogen-bond donors (Lipinski definition) is 1. The number of nitrogens with one attached hydrogen (secondary N) is 1. The SMILES string of the molecule is Cc1ccc(-c2cnn(C)c2C2CCNCC2)o1. The molecule has 18 heavy (non-hydrogen) atoms. The van der Waals surface area contributed by atoms with Crippen LogP contribution in [0.2, 0.25) is 0 Å². The molecule has 1 N–H and O–H groups in total. The lowest BCUT2D eigenvalue weighted by atomic mass is 9.91. The van der Waals surface area contributed by atoms with Gasteiger partial charge in [0.1, 0.15) is 11.5 Å². The number of aryl methyl sites for hydroxylation is 2. The number of aromatic nitrogens is 2. The van der Waals surface area contributed by atoms with Gasteiger partial charge < -0.3 is 9.73 Å². The van der Waals surface area contributed by atoms with E-state index in [0.717, 1.165) is 30.2 Å². The lowest BCUT2D eigenvalue weighted by Crippen LogP contribution is -2.27. The standard InChI is InChI=1S/C14H19N3O/c1-10-3-4-13(18-10)12-9-16-17(2)14(12)11-5-7-15-8-6-11/h3-4,9,11,15H,5-8H2,1-2H3. The van der Waals surface area contributed by atoms with Gasteiger partial charge >= 0.3 is 0 Å². The molecule has 1 aliphatic rings. The zero-order valence-electron chi connectivity index (χ0n) is 10.9. The van der Waals surface area contributed by atoms with Crippen LogP contribution in [-0.4, -0.2) is 22.9 Å². The van der Waals surface area contributed by atoms with Crippen LogP contribution in [0.4, 0.5) is 0 Å². The molecule has 2 aromatic heterocycles. The van der Waals surface area contributed by atoms with Crippen LogP contribution >= 0.6 is 0 Å². The minimum atomic E-state index is 0.583. The number of nitrogens with zero attached hydrogens (tertiary/aromatic N) is 2. The zero-order chi connectivity index (χ0) is 12.5. The van der Waals surface area contributed by atoms with Crippen LogP contribution in [0.3, 0.4) is 0 Å². The normalized spacial score (nSPS) is 17.2. The third-order valence-electron chi connectivity index (χ3n) is 3.72. The molecule has 0 aromatic carbocycles. The van der Waals surface area contributed by atoms with Crippen molar-refractivity contribution < 1.29 is 4.42 Å². The smallest absolute Gasteiger partial charge is 0.137 e. The molecule has 0 atom stereocenters. The van der Waals surface area contributed by atoms with Crippen molar-refractivity contribution in [3.05, 3.63) is 29.8 Å². The van der Waals surface area contributed by atoms with Crippen molar-refractivity contribution in [1.82, 2.24) is 15.1 Å². The first kappa shape index (κ1) is 11.5. The molecule has 0 unspecified atom stereocenters. The largest absolute Gasteiger partial charge is 0.461 e. The van der Waals surface area contributed by atoms with Crippen molar-refractivity contribution in [3.63, 3.8) is 0 Å². The summed E-state index contributed by atoms with van der Waals surface area (Å²) in [6.45, 7) is 4.16. The Balaban J connectivity index is 2.00. The first-order valence-corrected chi connectivity index (χ1v) is 6.55. The van der Waals surface area contributed by atoms with Gasteiger partial charge in [-0.2, -0.15) is 5.10 Å². The number of rotatable bonds is 2. The molecule has 2 aromatic rings. The fraction of sp³-hybridized carbons (Fsp3) is 0.500. The maximum Gasteiger partial charge on any atom is 0.137 e. The Morgan fingerprint density at radius 3 is 2.78 bits per heavy atom. The quantitative estimate of drug-likeness (QED) is 0.883. The molecule has 0 saturated carbocycles. The summed E-state index contributed by atoms with van der Waals surface area (Å²) in [5, 5.41) is 7.82. The maximum absolute atomic E-state index is 5.75. The number of furan rings is 1. The highest BCUT2D eigenvalue weighted by atomic mass is 16.3. The van der Waals surface area contributed by atoms with Crippen LogP contribution in [-0.2, 0) is 7.05 Å². The first-order chi connectivity index (χ1) is 8.75. The summed E-state index contributed by atoms with van der Waals surface area (Å²) >= 11 is 0. The van der Waals surface area contributed by atoms with Crippen molar-refractivity contribution in [3.8, 4) is 11.3 Å². The van der Waals surface area contributed by atoms with Crippen LogP contribution in [0.1, 0.15) is 30.2 Å². The molecule has 0 bridgehead atoms. The zero-order valence-corrected chi connectivity index (χ0v) is 10.9. The van der Waals surface area contributed by atoms with Crippen LogP contribution in [0.25, 0.3) is 11.3 Å². The highest BCUT2D eigenvalue weighted by molar-refractivity contribution is 5.60. The van der Waals surface area contributed by atoms with E-state index in [4.69, 9.17) is 4.42 Å². The molecular formula is C14H19N3O. The lowest BCUT2D eigenvalue weighted by Gasteiger charge is -2.23. The summed E-state index contributed by atoms with van der Waals surface area (Å²) in [5.41, 5.74) is 2.46. The molecule has 3 rings (SSSR count). The molecule has 0 spiro atoms. The van der Waals surface area contributed by atoms with Crippen LogP contribution < -0.4 is 5.32 Å². The summed E-state index contributed by atoms with van der Waals surface area (Å²) in [6.07, 6.45) is 4.27. The van der Waals surface area contributed by atoms with Gasteiger partial charge in [0.05, 0.1) is 17.5 Å². The average molecular weight is 245 g/mol. The van der Waals surface area contributed by atoms with E-state index in [0.29, 0.717) is 5.92 Å². The van der Waals surface area contributed by atoms with Gasteiger partial charge in [0.15, 0.2) is 0 Å². The van der Waals surface area contributed by atoms with E-state index in [-0.39, 0.29) is 0 Å². The molecule has 4 nitrogen and oxygen atoms in total. The predicted octanol–water partition coefficient (Wildman–Crippen LogP) is 2.46. The highest BCUT2D eigenvalue weighted by Crippen LogP contribution is 2.34. The Kier molecular flexibility index (Phi) is 2.96. The Morgan fingerprint density at radius 2 is 2.11 bits per heavy atom. The van der Waals surface area contributed by atoms with E-state index in [1.807, 2.05) is 37.0 Å². The van der Waals surface area contributed by atoms with E-state index in [2.05, 4.69) is 10.4 Å². The second kappa shape index (κ2) is 4.61. The third kappa shape index (κ3) is 1.97. The predicted molar refractivity (Wildman–Crippen MR) is 70.5 cm³/mol. The van der Waals surface area contributed by atoms with Crippen molar-refractivity contribution >= 4 is 0 Å². The monoisotopic (exact) mass is 245 g/mol. The van der Waals surface area contributed by atoms with E-state index < -0.39 is 0 Å². The molecule has 96 valence electrons. The second-order valence-electron chi connectivity index (χ2n) is 5.00. The molecule has 0 aliphatic carbocycles. The van der Waals surface area contributed by atoms with Gasteiger partial charge in [-0.05, 0) is 45.0 Å². The molecule has 4 heteroatoms. The van der Waals surface area contributed by atoms with Crippen molar-refractivity contribution in [2.24, 2.45) is 7.05 Å². The minimum Gasteiger partial charge on any atom is -0.461 e. The van der Waals surface area contributed by atoms with Crippen molar-refractivity contribution in [1.29, 1.82) is 0 Å². The van der Waals surface area contributed by atoms with Gasteiger partial charge in [-0.3, -0.25) is 4.68 Å². The maximum atomic E-state index is 5.75. The molecule has 0 radical (unpaired) electrons.